The van der Waals surface area contributed by atoms with Crippen LogP contribution >= 0.6 is 0 Å². The normalized spacial score (nSPS) is 9.78. The summed E-state index contributed by atoms with van der Waals surface area (Å²) < 4.78 is 4.52. The molecule has 0 aliphatic rings. The van der Waals surface area contributed by atoms with E-state index >= 15 is 0 Å². The fourth-order valence-corrected chi connectivity index (χ4v) is 1.45. The number of ether oxygens (including phenoxy) is 1. The summed E-state index contributed by atoms with van der Waals surface area (Å²) in [5.41, 5.74) is 1.56. The predicted molar refractivity (Wildman–Crippen MR) is 69.7 cm³/mol. The Bertz CT molecular complexity index is 426. The molecule has 0 saturated carbocycles. The Balaban J connectivity index is 2.74. The van der Waals surface area contributed by atoms with Crippen molar-refractivity contribution in [1.82, 2.24) is 4.90 Å². The van der Waals surface area contributed by atoms with Crippen molar-refractivity contribution >= 4 is 17.6 Å². The van der Waals surface area contributed by atoms with Gasteiger partial charge in [-0.15, -0.1) is 0 Å². The maximum absolute atomic E-state index is 12.0. The van der Waals surface area contributed by atoms with Crippen LogP contribution in [0, 0.1) is 0 Å². The number of carbonyl (C=O) groups is 2. The molecule has 0 radical (unpaired) electrons. The molecule has 0 heterocycles. The average molecular weight is 250 g/mol. The molecule has 0 bridgehead atoms. The van der Waals surface area contributed by atoms with Gasteiger partial charge in [0.25, 0.3) is 5.91 Å². The minimum absolute atomic E-state index is 0.0508. The summed E-state index contributed by atoms with van der Waals surface area (Å²) in [4.78, 5) is 26.3. The largest absolute Gasteiger partial charge is 0.468 e. The fraction of sp³-hybridized carbons (Fsp3) is 0.385. The van der Waals surface area contributed by atoms with Crippen molar-refractivity contribution < 1.29 is 14.3 Å². The van der Waals surface area contributed by atoms with Gasteiger partial charge in [0.15, 0.2) is 0 Å². The highest BCUT2D eigenvalue weighted by atomic mass is 16.5. The monoisotopic (exact) mass is 250 g/mol. The predicted octanol–water partition coefficient (Wildman–Crippen LogP) is 0.998. The van der Waals surface area contributed by atoms with Crippen LogP contribution in [-0.2, 0) is 9.53 Å². The van der Waals surface area contributed by atoms with Crippen molar-refractivity contribution in [3.05, 3.63) is 29.8 Å². The van der Waals surface area contributed by atoms with Crippen LogP contribution in [0.4, 0.5) is 5.69 Å². The first-order valence-electron chi connectivity index (χ1n) is 5.55. The first-order valence-corrected chi connectivity index (χ1v) is 5.55. The number of methoxy groups -OCH3 is 1. The van der Waals surface area contributed by atoms with E-state index in [-0.39, 0.29) is 12.5 Å². The third-order valence-corrected chi connectivity index (χ3v) is 2.57. The molecule has 0 aliphatic carbocycles. The second kappa shape index (κ2) is 6.05. The van der Waals surface area contributed by atoms with Gasteiger partial charge in [-0.1, -0.05) is 0 Å². The Labute approximate surface area is 107 Å². The van der Waals surface area contributed by atoms with Crippen LogP contribution in [0.1, 0.15) is 10.4 Å². The summed E-state index contributed by atoms with van der Waals surface area (Å²) in [5, 5.41) is 0. The third kappa shape index (κ3) is 3.48. The van der Waals surface area contributed by atoms with Crippen molar-refractivity contribution in [2.75, 3.05) is 39.7 Å². The van der Waals surface area contributed by atoms with Crippen molar-refractivity contribution in [1.29, 1.82) is 0 Å². The third-order valence-electron chi connectivity index (χ3n) is 2.57. The molecule has 0 spiro atoms. The van der Waals surface area contributed by atoms with E-state index in [1.54, 1.807) is 19.2 Å². The molecule has 5 heteroatoms. The summed E-state index contributed by atoms with van der Waals surface area (Å²) in [5.74, 6) is -0.638. The molecule has 0 fully saturated rings. The number of nitrogens with zero attached hydrogens (tertiary/aromatic N) is 2. The number of hydrogen-bond donors (Lipinski definition) is 0. The van der Waals surface area contributed by atoms with Crippen molar-refractivity contribution in [3.63, 3.8) is 0 Å². The smallest absolute Gasteiger partial charge is 0.325 e. The number of anilines is 1. The molecule has 0 unspecified atom stereocenters. The Morgan fingerprint density at radius 2 is 1.67 bits per heavy atom. The first-order chi connectivity index (χ1) is 8.45. The molecule has 0 N–H and O–H groups in total. The van der Waals surface area contributed by atoms with Gasteiger partial charge in [0.2, 0.25) is 0 Å². The van der Waals surface area contributed by atoms with Crippen LogP contribution in [0.25, 0.3) is 0 Å². The van der Waals surface area contributed by atoms with Crippen LogP contribution in [0.3, 0.4) is 0 Å². The van der Waals surface area contributed by atoms with Gasteiger partial charge in [-0.05, 0) is 24.3 Å². The molecule has 5 nitrogen and oxygen atoms in total. The van der Waals surface area contributed by atoms with Gasteiger partial charge in [-0.2, -0.15) is 0 Å². The summed E-state index contributed by atoms with van der Waals surface area (Å²) in [7, 11) is 6.73. The minimum atomic E-state index is -0.434. The molecule has 1 amide bonds. The maximum atomic E-state index is 12.0. The Hall–Kier alpha value is -2.04. The summed E-state index contributed by atoms with van der Waals surface area (Å²) in [6.45, 7) is -0.0508. The van der Waals surface area contributed by atoms with Gasteiger partial charge in [-0.25, -0.2) is 0 Å². The minimum Gasteiger partial charge on any atom is -0.468 e. The zero-order valence-electron chi connectivity index (χ0n) is 11.1. The van der Waals surface area contributed by atoms with Crippen LogP contribution in [-0.4, -0.2) is 51.6 Å². The Morgan fingerprint density at radius 1 is 1.11 bits per heavy atom. The second-order valence-corrected chi connectivity index (χ2v) is 4.18. The quantitative estimate of drug-likeness (QED) is 0.748. The molecule has 0 aliphatic heterocycles. The molecular weight excluding hydrogens is 232 g/mol. The van der Waals surface area contributed by atoms with Crippen molar-refractivity contribution in [3.8, 4) is 0 Å². The molecule has 1 aromatic rings. The molecule has 98 valence electrons. The number of carbonyl (C=O) groups excluding carboxylic acids is 2. The Morgan fingerprint density at radius 3 is 2.11 bits per heavy atom. The molecule has 0 aromatic heterocycles. The van der Waals surface area contributed by atoms with E-state index in [0.29, 0.717) is 5.56 Å². The first kappa shape index (κ1) is 14.0. The number of amides is 1. The molecule has 0 saturated heterocycles. The van der Waals surface area contributed by atoms with Crippen molar-refractivity contribution in [2.24, 2.45) is 0 Å². The van der Waals surface area contributed by atoms with Crippen LogP contribution in [0.2, 0.25) is 0 Å². The van der Waals surface area contributed by atoms with Gasteiger partial charge in [0, 0.05) is 32.4 Å². The van der Waals surface area contributed by atoms with E-state index in [9.17, 15) is 9.59 Å². The summed E-state index contributed by atoms with van der Waals surface area (Å²) in [6.07, 6.45) is 0. The standard InChI is InChI=1S/C13H18N2O3/c1-14(2)11-7-5-10(6-8-11)13(17)15(3)9-12(16)18-4/h5-8H,9H2,1-4H3. The summed E-state index contributed by atoms with van der Waals surface area (Å²) >= 11 is 0. The van der Waals surface area contributed by atoms with E-state index in [0.717, 1.165) is 5.69 Å². The number of rotatable bonds is 4. The lowest BCUT2D eigenvalue weighted by atomic mass is 10.2. The number of benzene rings is 1. The molecule has 1 aromatic carbocycles. The Kier molecular flexibility index (Phi) is 4.71. The van der Waals surface area contributed by atoms with Gasteiger partial charge in [-0.3, -0.25) is 9.59 Å². The van der Waals surface area contributed by atoms with E-state index < -0.39 is 5.97 Å². The highest BCUT2D eigenvalue weighted by Gasteiger charge is 2.14. The zero-order chi connectivity index (χ0) is 13.7. The average Bonchev–Trinajstić information content (AvgIpc) is 2.37. The zero-order valence-corrected chi connectivity index (χ0v) is 11.1. The lowest BCUT2D eigenvalue weighted by Gasteiger charge is -2.17. The van der Waals surface area contributed by atoms with Gasteiger partial charge >= 0.3 is 5.97 Å². The topological polar surface area (TPSA) is 49.9 Å². The van der Waals surface area contributed by atoms with E-state index in [2.05, 4.69) is 4.74 Å². The number of likely N-dealkylation sites (N-methyl/N-ethyl adjacent to an activating group) is 1. The molecule has 1 rings (SSSR count). The number of esters is 1. The van der Waals surface area contributed by atoms with Gasteiger partial charge < -0.3 is 14.5 Å². The number of hydrogen-bond acceptors (Lipinski definition) is 4. The van der Waals surface area contributed by atoms with Crippen LogP contribution in [0.15, 0.2) is 24.3 Å². The summed E-state index contributed by atoms with van der Waals surface area (Å²) in [6, 6.07) is 7.20. The van der Waals surface area contributed by atoms with Crippen LogP contribution in [0.5, 0.6) is 0 Å². The van der Waals surface area contributed by atoms with E-state index in [4.69, 9.17) is 0 Å². The van der Waals surface area contributed by atoms with E-state index in [1.165, 1.54) is 12.0 Å². The SMILES string of the molecule is COC(=O)CN(C)C(=O)c1ccc(N(C)C)cc1. The lowest BCUT2D eigenvalue weighted by molar-refractivity contribution is -0.141. The fourth-order valence-electron chi connectivity index (χ4n) is 1.45. The highest BCUT2D eigenvalue weighted by molar-refractivity contribution is 5.96. The second-order valence-electron chi connectivity index (χ2n) is 4.18. The molecule has 18 heavy (non-hydrogen) atoms. The maximum Gasteiger partial charge on any atom is 0.325 e. The van der Waals surface area contributed by atoms with Gasteiger partial charge in [0.05, 0.1) is 7.11 Å². The molecule has 0 atom stereocenters. The molecular formula is C13H18N2O3. The van der Waals surface area contributed by atoms with E-state index in [1.807, 2.05) is 31.1 Å². The lowest BCUT2D eigenvalue weighted by Crippen LogP contribution is -2.32. The highest BCUT2D eigenvalue weighted by Crippen LogP contribution is 2.13. The van der Waals surface area contributed by atoms with Gasteiger partial charge in [0.1, 0.15) is 6.54 Å². The van der Waals surface area contributed by atoms with Crippen molar-refractivity contribution in [2.45, 2.75) is 0 Å². The van der Waals surface area contributed by atoms with Crippen LogP contribution < -0.4 is 4.90 Å².